The van der Waals surface area contributed by atoms with Crippen LogP contribution >= 0.6 is 0 Å². The summed E-state index contributed by atoms with van der Waals surface area (Å²) in [5.74, 6) is -0.926. The highest BCUT2D eigenvalue weighted by molar-refractivity contribution is 6.23. The van der Waals surface area contributed by atoms with Crippen LogP contribution in [0.4, 0.5) is 5.69 Å². The molecule has 2 amide bonds. The normalized spacial score (nSPS) is 18.4. The summed E-state index contributed by atoms with van der Waals surface area (Å²) in [5.41, 5.74) is -0.193. The van der Waals surface area contributed by atoms with Gasteiger partial charge >= 0.3 is 0 Å². The molecule has 0 spiro atoms. The van der Waals surface area contributed by atoms with Crippen LogP contribution in [0.25, 0.3) is 0 Å². The molecule has 2 aliphatic rings. The van der Waals surface area contributed by atoms with E-state index in [1.54, 1.807) is 0 Å². The quantitative estimate of drug-likeness (QED) is 0.356. The second-order valence-corrected chi connectivity index (χ2v) is 5.03. The third-order valence-corrected chi connectivity index (χ3v) is 3.89. The maximum atomic E-state index is 12.4. The van der Waals surface area contributed by atoms with Crippen LogP contribution in [-0.2, 0) is 0 Å². The Kier molecular flexibility index (Phi) is 4.24. The summed E-state index contributed by atoms with van der Waals surface area (Å²) in [6, 6.07) is 4.05. The van der Waals surface area contributed by atoms with Crippen LogP contribution < -0.4 is 17.7 Å². The van der Waals surface area contributed by atoms with E-state index in [4.69, 9.17) is 0 Å². The van der Waals surface area contributed by atoms with Crippen molar-refractivity contribution in [3.05, 3.63) is 39.4 Å². The van der Waals surface area contributed by atoms with Gasteiger partial charge < -0.3 is 17.7 Å². The minimum atomic E-state index is -0.609. The molecule has 2 aliphatic heterocycles. The van der Waals surface area contributed by atoms with Gasteiger partial charge in [-0.15, -0.1) is 0 Å². The molecule has 0 saturated carbocycles. The standard InChI is InChI=1S/C13H13N3O4.ClH/c17-12-9-2-1-3-10(16(19)20)11(9)13(18)15(12)8-4-6-14-7-5-8;/h1-3,8,14H,4-7H2;1H. The van der Waals surface area contributed by atoms with Crippen LogP contribution in [0.5, 0.6) is 0 Å². The number of hydrogen-bond donors (Lipinski definition) is 1. The summed E-state index contributed by atoms with van der Waals surface area (Å²) in [6.45, 7) is 1.72. The van der Waals surface area contributed by atoms with E-state index in [1.165, 1.54) is 23.1 Å². The molecule has 1 aromatic rings. The SMILES string of the molecule is O=C1c2cccc([N+](=O)[O-])c2C(=O)N1C1CC[NH2+]CC1.[Cl-]. The molecule has 0 atom stereocenters. The van der Waals surface area contributed by atoms with Crippen LogP contribution in [0.1, 0.15) is 33.6 Å². The Balaban J connectivity index is 0.00000161. The van der Waals surface area contributed by atoms with Crippen molar-refractivity contribution in [2.45, 2.75) is 18.9 Å². The summed E-state index contributed by atoms with van der Waals surface area (Å²) in [6.07, 6.45) is 1.47. The summed E-state index contributed by atoms with van der Waals surface area (Å²) in [7, 11) is 0. The van der Waals surface area contributed by atoms with Gasteiger partial charge in [0.1, 0.15) is 5.56 Å². The maximum Gasteiger partial charge on any atom is 0.282 e. The second kappa shape index (κ2) is 5.79. The Morgan fingerprint density at radius 1 is 1.19 bits per heavy atom. The number of benzene rings is 1. The lowest BCUT2D eigenvalue weighted by Crippen LogP contribution is -3.00. The molecular weight excluding hydrogens is 298 g/mol. The van der Waals surface area contributed by atoms with Gasteiger partial charge in [0.05, 0.1) is 29.6 Å². The van der Waals surface area contributed by atoms with E-state index in [2.05, 4.69) is 5.32 Å². The number of imide groups is 1. The number of halogens is 1. The van der Waals surface area contributed by atoms with Crippen LogP contribution in [0.3, 0.4) is 0 Å². The first-order valence-electron chi connectivity index (χ1n) is 6.58. The molecule has 0 unspecified atom stereocenters. The monoisotopic (exact) mass is 311 g/mol. The largest absolute Gasteiger partial charge is 1.00 e. The molecule has 1 aromatic carbocycles. The van der Waals surface area contributed by atoms with Crippen LogP contribution in [0.15, 0.2) is 18.2 Å². The van der Waals surface area contributed by atoms with Gasteiger partial charge in [0, 0.05) is 18.9 Å². The second-order valence-electron chi connectivity index (χ2n) is 5.03. The highest BCUT2D eigenvalue weighted by Gasteiger charge is 2.44. The first-order valence-corrected chi connectivity index (χ1v) is 6.58. The zero-order valence-electron chi connectivity index (χ0n) is 11.1. The van der Waals surface area contributed by atoms with Crippen molar-refractivity contribution >= 4 is 17.5 Å². The molecule has 8 heteroatoms. The van der Waals surface area contributed by atoms with E-state index >= 15 is 0 Å². The Hall–Kier alpha value is -1.99. The van der Waals surface area contributed by atoms with Crippen molar-refractivity contribution in [2.75, 3.05) is 13.1 Å². The first-order chi connectivity index (χ1) is 9.61. The number of fused-ring (bicyclic) bond motifs is 1. The number of nitro benzene ring substituents is 1. The van der Waals surface area contributed by atoms with E-state index in [0.717, 1.165) is 25.9 Å². The lowest BCUT2D eigenvalue weighted by molar-refractivity contribution is -0.663. The molecule has 0 aromatic heterocycles. The lowest BCUT2D eigenvalue weighted by atomic mass is 10.1. The number of amides is 2. The number of hydrogen-bond acceptors (Lipinski definition) is 4. The Bertz CT molecular complexity index is 613. The number of quaternary nitrogens is 1. The van der Waals surface area contributed by atoms with E-state index in [1.807, 2.05) is 0 Å². The molecule has 2 N–H and O–H groups in total. The maximum absolute atomic E-state index is 12.4. The molecule has 21 heavy (non-hydrogen) atoms. The van der Waals surface area contributed by atoms with Gasteiger partial charge in [-0.25, -0.2) is 0 Å². The highest BCUT2D eigenvalue weighted by atomic mass is 35.5. The summed E-state index contributed by atoms with van der Waals surface area (Å²) >= 11 is 0. The van der Waals surface area contributed by atoms with Gasteiger partial charge in [-0.2, -0.15) is 0 Å². The lowest BCUT2D eigenvalue weighted by Gasteiger charge is -2.28. The number of piperidine rings is 1. The van der Waals surface area contributed by atoms with Gasteiger partial charge in [-0.1, -0.05) is 6.07 Å². The van der Waals surface area contributed by atoms with Gasteiger partial charge in [-0.3, -0.25) is 24.6 Å². The predicted octanol–water partition coefficient (Wildman–Crippen LogP) is -3.08. The average molecular weight is 312 g/mol. The number of rotatable bonds is 2. The summed E-state index contributed by atoms with van der Waals surface area (Å²) in [5, 5.41) is 13.2. The minimum absolute atomic E-state index is 0. The topological polar surface area (TPSA) is 97.1 Å². The number of nitro groups is 1. The van der Waals surface area contributed by atoms with Gasteiger partial charge in [0.25, 0.3) is 17.5 Å². The fourth-order valence-electron chi connectivity index (χ4n) is 2.94. The number of nitrogens with zero attached hydrogens (tertiary/aromatic N) is 2. The van der Waals surface area contributed by atoms with E-state index in [9.17, 15) is 19.7 Å². The first kappa shape index (κ1) is 15.4. The molecule has 2 heterocycles. The molecular formula is C13H14ClN3O4. The van der Waals surface area contributed by atoms with Gasteiger partial charge in [0.15, 0.2) is 0 Å². The molecule has 3 rings (SSSR count). The van der Waals surface area contributed by atoms with Gasteiger partial charge in [0.2, 0.25) is 0 Å². The van der Waals surface area contributed by atoms with Crippen LogP contribution in [0.2, 0.25) is 0 Å². The van der Waals surface area contributed by atoms with Crippen molar-refractivity contribution in [1.29, 1.82) is 0 Å². The van der Waals surface area contributed by atoms with Crippen molar-refractivity contribution < 1.29 is 32.2 Å². The van der Waals surface area contributed by atoms with E-state index < -0.39 is 16.7 Å². The molecule has 7 nitrogen and oxygen atoms in total. The van der Waals surface area contributed by atoms with Crippen molar-refractivity contribution in [3.8, 4) is 0 Å². The molecule has 1 saturated heterocycles. The van der Waals surface area contributed by atoms with Crippen molar-refractivity contribution in [3.63, 3.8) is 0 Å². The fourth-order valence-corrected chi connectivity index (χ4v) is 2.94. The Labute approximate surface area is 126 Å². The van der Waals surface area contributed by atoms with Crippen LogP contribution in [-0.4, -0.2) is 40.8 Å². The number of carbonyl (C=O) groups is 2. The Morgan fingerprint density at radius 3 is 2.48 bits per heavy atom. The van der Waals surface area contributed by atoms with Gasteiger partial charge in [-0.05, 0) is 6.07 Å². The molecule has 112 valence electrons. The third-order valence-electron chi connectivity index (χ3n) is 3.89. The van der Waals surface area contributed by atoms with Crippen molar-refractivity contribution in [2.24, 2.45) is 0 Å². The van der Waals surface area contributed by atoms with E-state index in [-0.39, 0.29) is 35.3 Å². The summed E-state index contributed by atoms with van der Waals surface area (Å²) < 4.78 is 0. The van der Waals surface area contributed by atoms with Crippen LogP contribution in [0, 0.1) is 10.1 Å². The minimum Gasteiger partial charge on any atom is -1.00 e. The van der Waals surface area contributed by atoms with E-state index in [0.29, 0.717) is 0 Å². The fraction of sp³-hybridized carbons (Fsp3) is 0.385. The summed E-state index contributed by atoms with van der Waals surface area (Å²) in [4.78, 5) is 36.4. The smallest absolute Gasteiger partial charge is 0.282 e. The third kappa shape index (κ3) is 2.38. The molecule has 1 fully saturated rings. The zero-order chi connectivity index (χ0) is 14.3. The predicted molar refractivity (Wildman–Crippen MR) is 68.3 cm³/mol. The molecule has 0 bridgehead atoms. The van der Waals surface area contributed by atoms with Crippen molar-refractivity contribution in [1.82, 2.24) is 4.90 Å². The molecule has 0 aliphatic carbocycles. The highest BCUT2D eigenvalue weighted by Crippen LogP contribution is 2.32. The number of carbonyl (C=O) groups excluding carboxylic acids is 2. The Morgan fingerprint density at radius 2 is 1.86 bits per heavy atom. The average Bonchev–Trinajstić information content (AvgIpc) is 2.72. The zero-order valence-corrected chi connectivity index (χ0v) is 11.9. The number of nitrogens with two attached hydrogens (primary N) is 1. The molecule has 0 radical (unpaired) electrons.